The fourth-order valence-corrected chi connectivity index (χ4v) is 4.26. The van der Waals surface area contributed by atoms with E-state index in [-0.39, 0.29) is 12.8 Å². The van der Waals surface area contributed by atoms with Gasteiger partial charge in [0.2, 0.25) is 0 Å². The summed E-state index contributed by atoms with van der Waals surface area (Å²) in [5, 5.41) is 5.07. The second kappa shape index (κ2) is 8.13. The molecule has 3 unspecified atom stereocenters. The summed E-state index contributed by atoms with van der Waals surface area (Å²) in [6.07, 6.45) is 2.79. The molecule has 2 aromatic rings. The van der Waals surface area contributed by atoms with Crippen molar-refractivity contribution in [3.05, 3.63) is 29.7 Å². The van der Waals surface area contributed by atoms with Crippen molar-refractivity contribution >= 4 is 17.0 Å². The van der Waals surface area contributed by atoms with Crippen LogP contribution in [0.15, 0.2) is 18.3 Å². The number of carbonyl (C=O) groups is 1. The average molecular weight is 421 g/mol. The second-order valence-electron chi connectivity index (χ2n) is 9.18. The lowest BCUT2D eigenvalue weighted by Gasteiger charge is -2.36. The van der Waals surface area contributed by atoms with Gasteiger partial charge in [-0.25, -0.2) is 18.3 Å². The molecule has 0 aliphatic carbocycles. The predicted molar refractivity (Wildman–Crippen MR) is 109 cm³/mol. The molecule has 8 heteroatoms. The topological polar surface area (TPSA) is 56.6 Å². The summed E-state index contributed by atoms with van der Waals surface area (Å²) in [4.78, 5) is 13.6. The lowest BCUT2D eigenvalue weighted by molar-refractivity contribution is -0.0367. The Kier molecular flexibility index (Phi) is 5.70. The Balaban J connectivity index is 1.55. The summed E-state index contributed by atoms with van der Waals surface area (Å²) in [6, 6.07) is 3.12. The van der Waals surface area contributed by atoms with Crippen LogP contribution in [0.1, 0.15) is 64.2 Å². The van der Waals surface area contributed by atoms with Crippen LogP contribution in [0.2, 0.25) is 0 Å². The Morgan fingerprint density at radius 2 is 2.07 bits per heavy atom. The molecule has 2 fully saturated rings. The molecule has 0 saturated carbocycles. The molecule has 164 valence electrons. The predicted octanol–water partition coefficient (Wildman–Crippen LogP) is 4.94. The number of halogens is 2. The van der Waals surface area contributed by atoms with E-state index >= 15 is 4.39 Å². The van der Waals surface area contributed by atoms with Crippen molar-refractivity contribution in [1.82, 2.24) is 14.7 Å². The smallest absolute Gasteiger partial charge is 0.410 e. The SMILES string of the molecule is CC(C)(C)OC(=O)N1CCC(c2cc3c(cnn3C3CCCCO3)cc2F)C(F)C1. The van der Waals surface area contributed by atoms with E-state index in [9.17, 15) is 9.18 Å². The van der Waals surface area contributed by atoms with Crippen molar-refractivity contribution in [3.8, 4) is 0 Å². The van der Waals surface area contributed by atoms with Crippen molar-refractivity contribution in [3.63, 3.8) is 0 Å². The first-order valence-corrected chi connectivity index (χ1v) is 10.6. The van der Waals surface area contributed by atoms with E-state index < -0.39 is 29.6 Å². The van der Waals surface area contributed by atoms with Crippen LogP contribution < -0.4 is 0 Å². The molecule has 4 rings (SSSR count). The van der Waals surface area contributed by atoms with Gasteiger partial charge in [0.05, 0.1) is 18.3 Å². The molecular weight excluding hydrogens is 392 g/mol. The van der Waals surface area contributed by atoms with Crippen LogP contribution >= 0.6 is 0 Å². The Bertz CT molecular complexity index is 918. The highest BCUT2D eigenvalue weighted by Gasteiger charge is 2.36. The molecule has 0 bridgehead atoms. The summed E-state index contributed by atoms with van der Waals surface area (Å²) in [5.74, 6) is -1.06. The first-order chi connectivity index (χ1) is 14.2. The van der Waals surface area contributed by atoms with Crippen LogP contribution in [0, 0.1) is 5.82 Å². The molecule has 3 atom stereocenters. The molecule has 1 aromatic carbocycles. The van der Waals surface area contributed by atoms with Gasteiger partial charge in [-0.1, -0.05) is 0 Å². The molecular formula is C22H29F2N3O3. The molecule has 2 aliphatic heterocycles. The van der Waals surface area contributed by atoms with Crippen LogP contribution in [0.3, 0.4) is 0 Å². The Morgan fingerprint density at radius 1 is 1.27 bits per heavy atom. The number of fused-ring (bicyclic) bond motifs is 1. The summed E-state index contributed by atoms with van der Waals surface area (Å²) in [5.41, 5.74) is 0.438. The second-order valence-corrected chi connectivity index (χ2v) is 9.18. The largest absolute Gasteiger partial charge is 0.444 e. The first kappa shape index (κ1) is 21.0. The van der Waals surface area contributed by atoms with Gasteiger partial charge in [0.25, 0.3) is 0 Å². The summed E-state index contributed by atoms with van der Waals surface area (Å²) >= 11 is 0. The number of rotatable bonds is 2. The fourth-order valence-electron chi connectivity index (χ4n) is 4.26. The van der Waals surface area contributed by atoms with Gasteiger partial charge in [0.15, 0.2) is 6.23 Å². The summed E-state index contributed by atoms with van der Waals surface area (Å²) in [7, 11) is 0. The molecule has 0 radical (unpaired) electrons. The fraction of sp³-hybridized carbons (Fsp3) is 0.636. The molecule has 3 heterocycles. The van der Waals surface area contributed by atoms with E-state index in [1.807, 2.05) is 0 Å². The maximum atomic E-state index is 15.1. The number of benzene rings is 1. The van der Waals surface area contributed by atoms with E-state index in [1.54, 1.807) is 37.7 Å². The Morgan fingerprint density at radius 3 is 2.73 bits per heavy atom. The maximum absolute atomic E-state index is 15.1. The van der Waals surface area contributed by atoms with Gasteiger partial charge in [-0.05, 0) is 64.2 Å². The minimum atomic E-state index is -1.37. The summed E-state index contributed by atoms with van der Waals surface area (Å²) < 4.78 is 42.9. The zero-order valence-corrected chi connectivity index (χ0v) is 17.7. The van der Waals surface area contributed by atoms with Crippen molar-refractivity contribution < 1.29 is 23.0 Å². The number of likely N-dealkylation sites (tertiary alicyclic amines) is 1. The average Bonchev–Trinajstić information content (AvgIpc) is 3.09. The lowest BCUT2D eigenvalue weighted by Crippen LogP contribution is -2.46. The number of carbonyl (C=O) groups excluding carboxylic acids is 1. The minimum Gasteiger partial charge on any atom is -0.444 e. The van der Waals surface area contributed by atoms with Crippen molar-refractivity contribution in [2.24, 2.45) is 0 Å². The normalized spacial score (nSPS) is 25.5. The monoisotopic (exact) mass is 421 g/mol. The van der Waals surface area contributed by atoms with Crippen LogP contribution in [-0.2, 0) is 9.47 Å². The van der Waals surface area contributed by atoms with Crippen molar-refractivity contribution in [1.29, 1.82) is 0 Å². The number of amides is 1. The standard InChI is InChI=1S/C22H29F2N3O3/c1-22(2,3)30-21(28)26-8-7-15(18(24)13-26)16-11-19-14(10-17(16)23)12-25-27(19)20-6-4-5-9-29-20/h10-12,15,18,20H,4-9,13H2,1-3H3. The minimum absolute atomic E-state index is 0.109. The van der Waals surface area contributed by atoms with E-state index in [4.69, 9.17) is 9.47 Å². The molecule has 2 aliphatic rings. The number of aromatic nitrogens is 2. The van der Waals surface area contributed by atoms with Gasteiger partial charge >= 0.3 is 6.09 Å². The molecule has 30 heavy (non-hydrogen) atoms. The van der Waals surface area contributed by atoms with Gasteiger partial charge < -0.3 is 14.4 Å². The Labute approximate surface area is 175 Å². The molecule has 6 nitrogen and oxygen atoms in total. The highest BCUT2D eigenvalue weighted by molar-refractivity contribution is 5.80. The summed E-state index contributed by atoms with van der Waals surface area (Å²) in [6.45, 7) is 6.21. The van der Waals surface area contributed by atoms with Gasteiger partial charge in [-0.15, -0.1) is 0 Å². The van der Waals surface area contributed by atoms with Crippen LogP contribution in [0.25, 0.3) is 10.9 Å². The molecule has 0 spiro atoms. The van der Waals surface area contributed by atoms with Gasteiger partial charge in [-0.2, -0.15) is 5.10 Å². The third kappa shape index (κ3) is 4.29. The third-order valence-electron chi connectivity index (χ3n) is 5.74. The molecule has 0 N–H and O–H groups in total. The Hall–Kier alpha value is -2.22. The van der Waals surface area contributed by atoms with Crippen LogP contribution in [0.5, 0.6) is 0 Å². The van der Waals surface area contributed by atoms with Crippen LogP contribution in [-0.4, -0.2) is 52.2 Å². The van der Waals surface area contributed by atoms with Gasteiger partial charge in [0, 0.05) is 24.5 Å². The van der Waals surface area contributed by atoms with E-state index in [2.05, 4.69) is 5.10 Å². The third-order valence-corrected chi connectivity index (χ3v) is 5.74. The number of hydrogen-bond acceptors (Lipinski definition) is 4. The van der Waals surface area contributed by atoms with E-state index in [0.717, 1.165) is 24.8 Å². The van der Waals surface area contributed by atoms with E-state index in [1.165, 1.54) is 11.0 Å². The van der Waals surface area contributed by atoms with Gasteiger partial charge in [0.1, 0.15) is 17.6 Å². The molecule has 1 amide bonds. The number of piperidine rings is 1. The number of ether oxygens (including phenoxy) is 2. The number of hydrogen-bond donors (Lipinski definition) is 0. The maximum Gasteiger partial charge on any atom is 0.410 e. The molecule has 2 saturated heterocycles. The number of alkyl halides is 1. The highest BCUT2D eigenvalue weighted by Crippen LogP contribution is 2.36. The first-order valence-electron chi connectivity index (χ1n) is 10.6. The van der Waals surface area contributed by atoms with Gasteiger partial charge in [-0.3, -0.25) is 0 Å². The molecule has 1 aromatic heterocycles. The highest BCUT2D eigenvalue weighted by atomic mass is 19.1. The number of nitrogens with zero attached hydrogens (tertiary/aromatic N) is 3. The van der Waals surface area contributed by atoms with E-state index in [0.29, 0.717) is 30.5 Å². The van der Waals surface area contributed by atoms with Crippen LogP contribution in [0.4, 0.5) is 13.6 Å². The zero-order valence-electron chi connectivity index (χ0n) is 17.7. The quantitative estimate of drug-likeness (QED) is 0.689. The lowest BCUT2D eigenvalue weighted by atomic mass is 9.87. The van der Waals surface area contributed by atoms with Crippen molar-refractivity contribution in [2.75, 3.05) is 19.7 Å². The van der Waals surface area contributed by atoms with Crippen molar-refractivity contribution in [2.45, 2.75) is 70.4 Å². The zero-order chi connectivity index (χ0) is 21.5.